The van der Waals surface area contributed by atoms with Crippen molar-refractivity contribution in [1.29, 1.82) is 0 Å². The number of hydrogen-bond donors (Lipinski definition) is 2. The second-order valence-corrected chi connectivity index (χ2v) is 9.09. The quantitative estimate of drug-likeness (QED) is 0.427. The lowest BCUT2D eigenvalue weighted by Crippen LogP contribution is -2.31. The third-order valence-electron chi connectivity index (χ3n) is 6.67. The molecule has 160 valence electrons. The topological polar surface area (TPSA) is 61.0 Å². The minimum Gasteiger partial charge on any atom is -0.352 e. The molecule has 0 aliphatic carbocycles. The maximum absolute atomic E-state index is 12.2. The van der Waals surface area contributed by atoms with Gasteiger partial charge in [0.1, 0.15) is 10.8 Å². The van der Waals surface area contributed by atoms with Gasteiger partial charge in [-0.3, -0.25) is 4.79 Å². The first kappa shape index (κ1) is 19.5. The second-order valence-electron chi connectivity index (χ2n) is 8.73. The standard InChI is InChI=1S/C26H23ClN4O/c1-31-10-7-16(8-11-31)15-2-4-17(5-3-15)19-13-22-21-12-18-6-9-28-26(32)20(18)14-23(21)29-25(22)30-24(19)27/h2-5,7,12-14H,6,8-11H2,1H3,(H,28,32)(H,29,30). The molecule has 0 radical (unpaired) electrons. The van der Waals surface area contributed by atoms with E-state index >= 15 is 0 Å². The molecule has 6 heteroatoms. The summed E-state index contributed by atoms with van der Waals surface area (Å²) in [4.78, 5) is 22.5. The normalized spacial score (nSPS) is 16.8. The number of benzene rings is 2. The molecule has 0 spiro atoms. The predicted molar refractivity (Wildman–Crippen MR) is 130 cm³/mol. The smallest absolute Gasteiger partial charge is 0.251 e. The molecule has 1 amide bonds. The van der Waals surface area contributed by atoms with E-state index in [2.05, 4.69) is 69.7 Å². The first-order valence-electron chi connectivity index (χ1n) is 11.0. The summed E-state index contributed by atoms with van der Waals surface area (Å²) < 4.78 is 0. The van der Waals surface area contributed by atoms with Crippen LogP contribution in [0.25, 0.3) is 38.6 Å². The highest BCUT2D eigenvalue weighted by atomic mass is 35.5. The van der Waals surface area contributed by atoms with E-state index in [1.807, 2.05) is 6.07 Å². The van der Waals surface area contributed by atoms with Crippen molar-refractivity contribution >= 4 is 45.0 Å². The summed E-state index contributed by atoms with van der Waals surface area (Å²) in [6.07, 6.45) is 4.22. The van der Waals surface area contributed by atoms with Gasteiger partial charge in [0, 0.05) is 47.1 Å². The number of aromatic nitrogens is 2. The zero-order chi connectivity index (χ0) is 21.8. The van der Waals surface area contributed by atoms with E-state index < -0.39 is 0 Å². The minimum atomic E-state index is -0.0155. The van der Waals surface area contributed by atoms with Crippen LogP contribution in [0, 0.1) is 0 Å². The SMILES string of the molecule is CN1CC=C(c2ccc(-c3cc4c(nc3Cl)[nH]c3cc5c(cc34)CCNC5=O)cc2)CC1. The van der Waals surface area contributed by atoms with Gasteiger partial charge in [0.15, 0.2) is 0 Å². The zero-order valence-corrected chi connectivity index (χ0v) is 18.6. The lowest BCUT2D eigenvalue weighted by Gasteiger charge is -2.22. The van der Waals surface area contributed by atoms with E-state index in [4.69, 9.17) is 11.6 Å². The fourth-order valence-corrected chi connectivity index (χ4v) is 5.06. The molecule has 2 N–H and O–H groups in total. The van der Waals surface area contributed by atoms with Crippen molar-refractivity contribution in [3.8, 4) is 11.1 Å². The highest BCUT2D eigenvalue weighted by Gasteiger charge is 2.20. The summed E-state index contributed by atoms with van der Waals surface area (Å²) in [5.74, 6) is -0.0155. The van der Waals surface area contributed by atoms with Gasteiger partial charge >= 0.3 is 0 Å². The number of aromatic amines is 1. The Hall–Kier alpha value is -3.15. The number of carbonyl (C=O) groups excluding carboxylic acids is 1. The maximum atomic E-state index is 12.2. The molecule has 0 atom stereocenters. The molecule has 4 aromatic rings. The molecule has 5 nitrogen and oxygen atoms in total. The van der Waals surface area contributed by atoms with E-state index in [1.165, 1.54) is 11.1 Å². The first-order valence-corrected chi connectivity index (χ1v) is 11.4. The van der Waals surface area contributed by atoms with E-state index in [-0.39, 0.29) is 5.91 Å². The van der Waals surface area contributed by atoms with Crippen LogP contribution in [0.1, 0.15) is 27.9 Å². The average Bonchev–Trinajstić information content (AvgIpc) is 3.14. The highest BCUT2D eigenvalue weighted by Crippen LogP contribution is 2.35. The molecular weight excluding hydrogens is 420 g/mol. The Morgan fingerprint density at radius 3 is 2.59 bits per heavy atom. The number of H-pyrrole nitrogens is 1. The largest absolute Gasteiger partial charge is 0.352 e. The van der Waals surface area contributed by atoms with Crippen molar-refractivity contribution in [3.05, 3.63) is 70.4 Å². The molecule has 2 aromatic heterocycles. The van der Waals surface area contributed by atoms with Crippen molar-refractivity contribution in [2.75, 3.05) is 26.7 Å². The predicted octanol–water partition coefficient (Wildman–Crippen LogP) is 5.04. The lowest BCUT2D eigenvalue weighted by atomic mass is 9.96. The Labute approximate surface area is 191 Å². The van der Waals surface area contributed by atoms with Gasteiger partial charge in [0.05, 0.1) is 0 Å². The number of amides is 1. The number of likely N-dealkylation sites (N-methyl/N-ethyl adjacent to an activating group) is 1. The Morgan fingerprint density at radius 2 is 1.81 bits per heavy atom. The Bertz CT molecular complexity index is 1420. The number of hydrogen-bond acceptors (Lipinski definition) is 3. The summed E-state index contributed by atoms with van der Waals surface area (Å²) in [5.41, 5.74) is 8.09. The van der Waals surface area contributed by atoms with Gasteiger partial charge in [0.25, 0.3) is 5.91 Å². The molecular formula is C26H23ClN4O. The van der Waals surface area contributed by atoms with Crippen LogP contribution in [0.5, 0.6) is 0 Å². The minimum absolute atomic E-state index is 0.0155. The number of nitrogens with one attached hydrogen (secondary N) is 2. The number of carbonyl (C=O) groups is 1. The van der Waals surface area contributed by atoms with Crippen LogP contribution in [0.2, 0.25) is 5.15 Å². The molecule has 32 heavy (non-hydrogen) atoms. The first-order chi connectivity index (χ1) is 15.6. The van der Waals surface area contributed by atoms with Crippen LogP contribution in [-0.2, 0) is 6.42 Å². The van der Waals surface area contributed by atoms with Crippen LogP contribution in [0.3, 0.4) is 0 Å². The van der Waals surface area contributed by atoms with Gasteiger partial charge in [-0.1, -0.05) is 41.9 Å². The highest BCUT2D eigenvalue weighted by molar-refractivity contribution is 6.33. The molecule has 2 aromatic carbocycles. The van der Waals surface area contributed by atoms with Crippen molar-refractivity contribution in [1.82, 2.24) is 20.2 Å². The number of pyridine rings is 1. The van der Waals surface area contributed by atoms with Gasteiger partial charge in [0.2, 0.25) is 0 Å². The van der Waals surface area contributed by atoms with Crippen LogP contribution >= 0.6 is 11.6 Å². The third-order valence-corrected chi connectivity index (χ3v) is 6.95. The van der Waals surface area contributed by atoms with Gasteiger partial charge in [-0.25, -0.2) is 4.98 Å². The average molecular weight is 443 g/mol. The summed E-state index contributed by atoms with van der Waals surface area (Å²) in [5, 5.41) is 5.48. The van der Waals surface area contributed by atoms with E-state index in [0.29, 0.717) is 11.7 Å². The van der Waals surface area contributed by atoms with Crippen molar-refractivity contribution in [2.45, 2.75) is 12.8 Å². The van der Waals surface area contributed by atoms with Gasteiger partial charge in [-0.05, 0) is 60.4 Å². The van der Waals surface area contributed by atoms with Crippen LogP contribution in [0.15, 0.2) is 48.5 Å². The molecule has 0 fully saturated rings. The number of nitrogens with zero attached hydrogens (tertiary/aromatic N) is 2. The molecule has 2 aliphatic heterocycles. The van der Waals surface area contributed by atoms with E-state index in [1.54, 1.807) is 0 Å². The summed E-state index contributed by atoms with van der Waals surface area (Å²) >= 11 is 6.61. The molecule has 0 saturated carbocycles. The van der Waals surface area contributed by atoms with Gasteiger partial charge < -0.3 is 15.2 Å². The van der Waals surface area contributed by atoms with Crippen LogP contribution in [-0.4, -0.2) is 47.5 Å². The second kappa shape index (κ2) is 7.47. The molecule has 4 heterocycles. The molecule has 0 saturated heterocycles. The summed E-state index contributed by atoms with van der Waals surface area (Å²) in [6.45, 7) is 2.76. The number of fused-ring (bicyclic) bond motifs is 4. The van der Waals surface area contributed by atoms with Gasteiger partial charge in [-0.2, -0.15) is 0 Å². The molecule has 2 aliphatic rings. The fourth-order valence-electron chi connectivity index (χ4n) is 4.81. The Balaban J connectivity index is 1.43. The number of rotatable bonds is 2. The molecule has 0 bridgehead atoms. The lowest BCUT2D eigenvalue weighted by molar-refractivity contribution is 0.0946. The maximum Gasteiger partial charge on any atom is 0.251 e. The molecule has 0 unspecified atom stereocenters. The van der Waals surface area contributed by atoms with Gasteiger partial charge in [-0.15, -0.1) is 0 Å². The Kier molecular flexibility index (Phi) is 4.56. The van der Waals surface area contributed by atoms with E-state index in [0.717, 1.165) is 70.1 Å². The van der Waals surface area contributed by atoms with Crippen molar-refractivity contribution in [2.24, 2.45) is 0 Å². The van der Waals surface area contributed by atoms with Crippen LogP contribution in [0.4, 0.5) is 0 Å². The van der Waals surface area contributed by atoms with E-state index in [9.17, 15) is 4.79 Å². The molecule has 6 rings (SSSR count). The monoisotopic (exact) mass is 442 g/mol. The van der Waals surface area contributed by atoms with Crippen molar-refractivity contribution in [3.63, 3.8) is 0 Å². The fraction of sp³-hybridized carbons (Fsp3) is 0.231. The Morgan fingerprint density at radius 1 is 1.00 bits per heavy atom. The van der Waals surface area contributed by atoms with Crippen molar-refractivity contribution < 1.29 is 4.79 Å². The van der Waals surface area contributed by atoms with Crippen LogP contribution < -0.4 is 5.32 Å². The number of halogens is 1. The summed E-state index contributed by atoms with van der Waals surface area (Å²) in [7, 11) is 2.15. The third kappa shape index (κ3) is 3.20. The summed E-state index contributed by atoms with van der Waals surface area (Å²) in [6, 6.07) is 14.8. The zero-order valence-electron chi connectivity index (χ0n) is 17.8.